The lowest BCUT2D eigenvalue weighted by molar-refractivity contribution is 0.0556. The monoisotopic (exact) mass is 525 g/mol. The topological polar surface area (TPSA) is 157 Å². The Hall–Kier alpha value is -4.63. The van der Waals surface area contributed by atoms with Gasteiger partial charge in [-0.1, -0.05) is 5.92 Å². The van der Waals surface area contributed by atoms with Crippen LogP contribution in [0.4, 0.5) is 5.82 Å². The van der Waals surface area contributed by atoms with E-state index in [0.717, 1.165) is 24.0 Å². The standard InChI is InChI=1S/C27H27N9O3/c1-15(37)22-23(17-10-19-7-8-20(11-17)35(19)27(38)25-30-14-31-34-25)33-26-21(13-32-36(26)24(22)28)16-5-6-18(29-12-16)4-3-9-39-2/h5-6,12-14,17,19-20H,7-11,28H2,1-2H3,(H,30,31,34)/t17-,19-,20+. The van der Waals surface area contributed by atoms with E-state index in [9.17, 15) is 9.59 Å². The second kappa shape index (κ2) is 9.92. The molecule has 0 saturated carbocycles. The maximum absolute atomic E-state index is 13.1. The summed E-state index contributed by atoms with van der Waals surface area (Å²) < 4.78 is 6.48. The molecule has 0 aliphatic carbocycles. The van der Waals surface area contributed by atoms with Crippen molar-refractivity contribution < 1.29 is 14.3 Å². The van der Waals surface area contributed by atoms with Crippen LogP contribution in [0.5, 0.6) is 0 Å². The third kappa shape index (κ3) is 4.30. The first-order chi connectivity index (χ1) is 19.0. The molecular formula is C27H27N9O3. The quantitative estimate of drug-likeness (QED) is 0.294. The first-order valence-corrected chi connectivity index (χ1v) is 12.8. The fourth-order valence-electron chi connectivity index (χ4n) is 5.88. The Morgan fingerprint density at radius 1 is 1.21 bits per heavy atom. The highest BCUT2D eigenvalue weighted by atomic mass is 16.5. The number of anilines is 1. The number of aromatic nitrogens is 7. The molecule has 198 valence electrons. The smallest absolute Gasteiger partial charge is 0.292 e. The largest absolute Gasteiger partial charge is 0.383 e. The highest BCUT2D eigenvalue weighted by Gasteiger charge is 2.45. The molecule has 2 bridgehead atoms. The highest BCUT2D eigenvalue weighted by molar-refractivity contribution is 6.00. The van der Waals surface area contributed by atoms with Crippen LogP contribution in [-0.2, 0) is 4.74 Å². The summed E-state index contributed by atoms with van der Waals surface area (Å²) in [5.41, 5.74) is 10.3. The molecule has 12 nitrogen and oxygen atoms in total. The predicted molar refractivity (Wildman–Crippen MR) is 141 cm³/mol. The van der Waals surface area contributed by atoms with E-state index in [1.165, 1.54) is 17.8 Å². The van der Waals surface area contributed by atoms with Crippen LogP contribution in [-0.4, -0.2) is 77.2 Å². The number of H-pyrrole nitrogens is 1. The van der Waals surface area contributed by atoms with E-state index < -0.39 is 0 Å². The van der Waals surface area contributed by atoms with E-state index in [1.807, 2.05) is 17.0 Å². The van der Waals surface area contributed by atoms with Gasteiger partial charge in [-0.2, -0.15) is 9.61 Å². The number of Topliss-reactive ketones (excluding diaryl/α,β-unsaturated/α-hetero) is 1. The number of piperidine rings is 1. The second-order valence-corrected chi connectivity index (χ2v) is 9.88. The normalized spacial score (nSPS) is 20.2. The molecule has 39 heavy (non-hydrogen) atoms. The molecule has 3 N–H and O–H groups in total. The number of carbonyl (C=O) groups excluding carboxylic acids is 2. The summed E-state index contributed by atoms with van der Waals surface area (Å²) in [4.78, 5) is 40.1. The van der Waals surface area contributed by atoms with Gasteiger partial charge in [-0.15, -0.1) is 10.2 Å². The summed E-state index contributed by atoms with van der Waals surface area (Å²) in [6, 6.07) is 3.77. The lowest BCUT2D eigenvalue weighted by Crippen LogP contribution is -2.46. The summed E-state index contributed by atoms with van der Waals surface area (Å²) in [6.07, 6.45) is 7.94. The number of ether oxygens (including phenoxy) is 1. The number of nitrogens with one attached hydrogen (secondary N) is 1. The maximum Gasteiger partial charge on any atom is 0.292 e. The van der Waals surface area contributed by atoms with Crippen molar-refractivity contribution in [2.75, 3.05) is 19.5 Å². The van der Waals surface area contributed by atoms with Crippen LogP contribution in [0.25, 0.3) is 16.8 Å². The van der Waals surface area contributed by atoms with Crippen LogP contribution < -0.4 is 5.73 Å². The van der Waals surface area contributed by atoms with Crippen molar-refractivity contribution in [1.82, 2.24) is 39.7 Å². The van der Waals surface area contributed by atoms with Gasteiger partial charge in [0.05, 0.1) is 17.5 Å². The Kier molecular flexibility index (Phi) is 6.28. The molecule has 2 aliphatic heterocycles. The van der Waals surface area contributed by atoms with Gasteiger partial charge in [0.25, 0.3) is 5.91 Å². The van der Waals surface area contributed by atoms with Crippen LogP contribution in [0, 0.1) is 11.8 Å². The number of carbonyl (C=O) groups is 2. The zero-order valence-corrected chi connectivity index (χ0v) is 21.6. The molecular weight excluding hydrogens is 498 g/mol. The van der Waals surface area contributed by atoms with Gasteiger partial charge in [0, 0.05) is 42.4 Å². The van der Waals surface area contributed by atoms with Gasteiger partial charge >= 0.3 is 0 Å². The molecule has 6 heterocycles. The van der Waals surface area contributed by atoms with Gasteiger partial charge in [-0.3, -0.25) is 9.59 Å². The summed E-state index contributed by atoms with van der Waals surface area (Å²) in [6.45, 7) is 1.83. The number of rotatable bonds is 5. The number of ketones is 1. The van der Waals surface area contributed by atoms with Crippen LogP contribution in [0.1, 0.15) is 70.9 Å². The molecule has 1 amide bonds. The van der Waals surface area contributed by atoms with E-state index in [1.54, 1.807) is 19.5 Å². The Balaban J connectivity index is 1.36. The van der Waals surface area contributed by atoms with Crippen molar-refractivity contribution in [2.45, 2.75) is 50.6 Å². The van der Waals surface area contributed by atoms with Gasteiger partial charge < -0.3 is 20.4 Å². The number of fused-ring (bicyclic) bond motifs is 3. The Labute approximate surface area is 224 Å². The minimum atomic E-state index is -0.165. The van der Waals surface area contributed by atoms with Crippen molar-refractivity contribution in [3.05, 3.63) is 53.6 Å². The van der Waals surface area contributed by atoms with Gasteiger partial charge in [0.2, 0.25) is 5.82 Å². The number of hydrogen-bond donors (Lipinski definition) is 2. The minimum absolute atomic E-state index is 0.0192. The fraction of sp³-hybridized carbons (Fsp3) is 0.370. The van der Waals surface area contributed by atoms with Gasteiger partial charge in [-0.05, 0) is 50.7 Å². The number of amides is 1. The average molecular weight is 526 g/mol. The Morgan fingerprint density at radius 2 is 2.00 bits per heavy atom. The minimum Gasteiger partial charge on any atom is -0.383 e. The molecule has 3 atom stereocenters. The fourth-order valence-corrected chi connectivity index (χ4v) is 5.88. The molecule has 4 aromatic heterocycles. The van der Waals surface area contributed by atoms with Crippen molar-refractivity contribution in [3.8, 4) is 23.0 Å². The zero-order chi connectivity index (χ0) is 27.1. The number of methoxy groups -OCH3 is 1. The third-order valence-corrected chi connectivity index (χ3v) is 7.54. The van der Waals surface area contributed by atoms with Gasteiger partial charge in [0.15, 0.2) is 11.4 Å². The predicted octanol–water partition coefficient (Wildman–Crippen LogP) is 2.24. The van der Waals surface area contributed by atoms with Crippen LogP contribution in [0.3, 0.4) is 0 Å². The molecule has 4 aromatic rings. The van der Waals surface area contributed by atoms with E-state index >= 15 is 0 Å². The van der Waals surface area contributed by atoms with Crippen LogP contribution in [0.2, 0.25) is 0 Å². The van der Waals surface area contributed by atoms with E-state index in [4.69, 9.17) is 15.5 Å². The number of pyridine rings is 1. The van der Waals surface area contributed by atoms with Crippen molar-refractivity contribution in [1.29, 1.82) is 0 Å². The highest BCUT2D eigenvalue weighted by Crippen LogP contribution is 2.45. The first kappa shape index (κ1) is 24.7. The summed E-state index contributed by atoms with van der Waals surface area (Å²) in [7, 11) is 1.59. The van der Waals surface area contributed by atoms with Crippen molar-refractivity contribution >= 4 is 23.2 Å². The number of nitrogen functional groups attached to an aromatic ring is 1. The van der Waals surface area contributed by atoms with Gasteiger partial charge in [-0.25, -0.2) is 9.97 Å². The molecule has 0 radical (unpaired) electrons. The zero-order valence-electron chi connectivity index (χ0n) is 21.6. The number of nitrogens with zero attached hydrogens (tertiary/aromatic N) is 7. The van der Waals surface area contributed by atoms with E-state index in [0.29, 0.717) is 42.0 Å². The molecule has 0 spiro atoms. The second-order valence-electron chi connectivity index (χ2n) is 9.88. The molecule has 6 rings (SSSR count). The number of aromatic amines is 1. The molecule has 2 fully saturated rings. The average Bonchev–Trinajstić information content (AvgIpc) is 3.67. The number of hydrogen-bond acceptors (Lipinski definition) is 9. The van der Waals surface area contributed by atoms with Crippen LogP contribution in [0.15, 0.2) is 30.9 Å². The summed E-state index contributed by atoms with van der Waals surface area (Å²) >= 11 is 0. The van der Waals surface area contributed by atoms with E-state index in [-0.39, 0.29) is 41.3 Å². The van der Waals surface area contributed by atoms with E-state index in [2.05, 4.69) is 37.1 Å². The van der Waals surface area contributed by atoms with Crippen molar-refractivity contribution in [2.24, 2.45) is 0 Å². The molecule has 2 saturated heterocycles. The van der Waals surface area contributed by atoms with Gasteiger partial charge in [0.1, 0.15) is 24.4 Å². The SMILES string of the molecule is COCC#Cc1ccc(-c2cnn3c(N)c(C(C)=O)c([C@@H]4C[C@H]5CC[C@@H](C4)N5C(=O)c4nnc[nH]4)nc23)cn1. The molecule has 2 aliphatic rings. The van der Waals surface area contributed by atoms with Crippen LogP contribution >= 0.6 is 0 Å². The lowest BCUT2D eigenvalue weighted by atomic mass is 9.85. The molecule has 0 aromatic carbocycles. The Morgan fingerprint density at radius 3 is 2.64 bits per heavy atom. The van der Waals surface area contributed by atoms with Crippen molar-refractivity contribution in [3.63, 3.8) is 0 Å². The lowest BCUT2D eigenvalue weighted by Gasteiger charge is -2.38. The third-order valence-electron chi connectivity index (χ3n) is 7.54. The first-order valence-electron chi connectivity index (χ1n) is 12.8. The molecule has 12 heteroatoms. The maximum atomic E-state index is 13.1. The summed E-state index contributed by atoms with van der Waals surface area (Å²) in [5.74, 6) is 6.00. The number of nitrogens with two attached hydrogens (primary N) is 1. The Bertz CT molecular complexity index is 1600. The summed E-state index contributed by atoms with van der Waals surface area (Å²) in [5, 5.41) is 12.1. The molecule has 0 unspecified atom stereocenters.